The highest BCUT2D eigenvalue weighted by Gasteiger charge is 2.27. The van der Waals surface area contributed by atoms with E-state index >= 15 is 0 Å². The van der Waals surface area contributed by atoms with Gasteiger partial charge in [-0.05, 0) is 113 Å². The number of nitrogen functional groups attached to an aromatic ring is 2. The first-order valence-electron chi connectivity index (χ1n) is 43.8. The number of hydrogen-bond donors (Lipinski definition) is 10. The summed E-state index contributed by atoms with van der Waals surface area (Å²) in [5, 5.41) is 23.5. The number of ketones is 2. The fraction of sp³-hybridized carbons (Fsp3) is 0.383. The number of carbonyl (C=O) groups is 11. The van der Waals surface area contributed by atoms with Crippen molar-refractivity contribution in [2.75, 3.05) is 98.7 Å². The Hall–Kier alpha value is -15.0. The maximum absolute atomic E-state index is 12.6. The third-order valence-corrected chi connectivity index (χ3v) is 18.3. The van der Waals surface area contributed by atoms with Gasteiger partial charge in [0.05, 0.1) is 121 Å². The number of fused-ring (bicyclic) bond motifs is 2. The zero-order valence-electron chi connectivity index (χ0n) is 78.4. The van der Waals surface area contributed by atoms with Crippen LogP contribution in [0.5, 0.6) is 34.5 Å². The number of nitrogens with two attached hydrogens (primary N) is 5. The van der Waals surface area contributed by atoms with E-state index in [1.165, 1.54) is 52.8 Å². The van der Waals surface area contributed by atoms with E-state index in [0.29, 0.717) is 184 Å². The minimum atomic E-state index is -1.14. The van der Waals surface area contributed by atoms with Gasteiger partial charge in [0, 0.05) is 96.0 Å². The molecule has 7 heterocycles. The minimum Gasteiger partial charge on any atom is -0.491 e. The Morgan fingerprint density at radius 2 is 0.707 bits per heavy atom. The van der Waals surface area contributed by atoms with Crippen molar-refractivity contribution in [3.05, 3.63) is 154 Å². The zero-order chi connectivity index (χ0) is 98.7. The van der Waals surface area contributed by atoms with E-state index in [4.69, 9.17) is 66.6 Å². The number of allylic oxidation sites excluding steroid dienone is 4. The number of nitrogens with one attached hydrogen (secondary N) is 4. The highest BCUT2D eigenvalue weighted by molar-refractivity contribution is 7.78. The van der Waals surface area contributed by atoms with Crippen LogP contribution in [0.25, 0.3) is 44.1 Å². The molecule has 13 rings (SSSR count). The van der Waals surface area contributed by atoms with Crippen molar-refractivity contribution in [1.29, 1.82) is 0 Å². The van der Waals surface area contributed by atoms with E-state index in [1.54, 1.807) is 77.6 Å². The van der Waals surface area contributed by atoms with Gasteiger partial charge in [0.25, 0.3) is 5.91 Å². The van der Waals surface area contributed by atoms with Crippen LogP contribution < -0.4 is 78.4 Å². The van der Waals surface area contributed by atoms with Crippen molar-refractivity contribution >= 4 is 161 Å². The number of anilines is 6. The molecular formula is C94H122N18O20S. The second-order valence-electron chi connectivity index (χ2n) is 27.6. The molecule has 0 atom stereocenters. The summed E-state index contributed by atoms with van der Waals surface area (Å²) < 4.78 is 53.7. The van der Waals surface area contributed by atoms with Crippen LogP contribution in [0.2, 0.25) is 0 Å². The van der Waals surface area contributed by atoms with Gasteiger partial charge in [-0.1, -0.05) is 106 Å². The molecule has 0 unspecified atom stereocenters. The van der Waals surface area contributed by atoms with Crippen LogP contribution in [0.3, 0.4) is 0 Å². The van der Waals surface area contributed by atoms with E-state index in [1.807, 2.05) is 120 Å². The number of carboxylic acids is 1. The van der Waals surface area contributed by atoms with E-state index in [0.717, 1.165) is 0 Å². The van der Waals surface area contributed by atoms with Gasteiger partial charge in [0.1, 0.15) is 91.2 Å². The molecule has 4 aromatic heterocycles. The molecule has 15 N–H and O–H groups in total. The molecule has 0 aliphatic carbocycles. The monoisotopic (exact) mass is 1850 g/mol. The Balaban J connectivity index is 0.000000329. The van der Waals surface area contributed by atoms with E-state index < -0.39 is 35.6 Å². The average Bonchev–Trinajstić information content (AvgIpc) is 1.63. The van der Waals surface area contributed by atoms with Gasteiger partial charge in [-0.15, -0.1) is 0 Å². The summed E-state index contributed by atoms with van der Waals surface area (Å²) in [6.07, 6.45) is 12.8. The molecule has 0 saturated carbocycles. The number of rotatable bonds is 14. The number of amides is 6. The quantitative estimate of drug-likeness (QED) is 0.0159. The number of carboxylic acid groups (broad SMARTS) is 1. The molecule has 714 valence electrons. The van der Waals surface area contributed by atoms with Crippen molar-refractivity contribution in [3.8, 4) is 34.5 Å². The number of primary amides is 3. The van der Waals surface area contributed by atoms with Gasteiger partial charge in [-0.25, -0.2) is 34.3 Å². The number of isothiocyanates is 1. The molecule has 0 saturated heterocycles. The van der Waals surface area contributed by atoms with Crippen LogP contribution in [0.15, 0.2) is 114 Å². The number of imidazole rings is 4. The average molecular weight is 1860 g/mol. The van der Waals surface area contributed by atoms with E-state index in [9.17, 15) is 57.8 Å². The highest BCUT2D eigenvalue weighted by atomic mass is 32.1. The second kappa shape index (κ2) is 55.1. The summed E-state index contributed by atoms with van der Waals surface area (Å²) in [6.45, 7) is 34.5. The second-order valence-corrected chi connectivity index (χ2v) is 27.8. The normalized spacial score (nSPS) is 13.2. The Kier molecular flexibility index (Phi) is 45.0. The zero-order valence-corrected chi connectivity index (χ0v) is 79.2. The molecule has 6 amide bonds. The number of aromatic carboxylic acids is 1. The Morgan fingerprint density at radius 3 is 1.03 bits per heavy atom. The molecule has 0 radical (unpaired) electrons. The number of esters is 2. The van der Waals surface area contributed by atoms with E-state index in [-0.39, 0.29) is 128 Å². The lowest BCUT2D eigenvalue weighted by molar-refractivity contribution is -0.117. The summed E-state index contributed by atoms with van der Waals surface area (Å²) in [5.41, 5.74) is 36.2. The van der Waals surface area contributed by atoms with Crippen LogP contribution in [0.1, 0.15) is 211 Å². The number of aromatic nitrogens is 8. The van der Waals surface area contributed by atoms with Crippen LogP contribution >= 0.6 is 12.2 Å². The first-order valence-corrected chi connectivity index (χ1v) is 44.2. The Morgan fingerprint density at radius 1 is 0.421 bits per heavy atom. The third-order valence-electron chi connectivity index (χ3n) is 18.2. The predicted molar refractivity (Wildman–Crippen MR) is 516 cm³/mol. The molecule has 0 fully saturated rings. The first-order chi connectivity index (χ1) is 63.9. The van der Waals surface area contributed by atoms with Crippen molar-refractivity contribution in [2.24, 2.45) is 22.2 Å². The van der Waals surface area contributed by atoms with Crippen LogP contribution in [-0.2, 0) is 72.5 Å². The summed E-state index contributed by atoms with van der Waals surface area (Å²) in [4.78, 5) is 151. The molecule has 0 bridgehead atoms. The van der Waals surface area contributed by atoms with E-state index in [2.05, 4.69) is 58.4 Å². The molecule has 39 heteroatoms. The largest absolute Gasteiger partial charge is 0.491 e. The minimum absolute atomic E-state index is 0.00765. The maximum atomic E-state index is 12.6. The number of aliphatic imine (C=N–C) groups is 1. The molecule has 6 aromatic carbocycles. The molecule has 0 spiro atoms. The maximum Gasteiger partial charge on any atom is 0.338 e. The summed E-state index contributed by atoms with van der Waals surface area (Å²) in [5.74, 6) is -1.16. The molecule has 10 aromatic rings. The standard InChI is InChI=1S/C30H32N6O7.C28H28N6O7.C23H29N5O5.C3H3NOS.5C2H6/c1-4-41-29(40)20-14-22-27-24(16-20)43-11-7-10-42-23-15-19(28(31)39)13-21-26(23)35(25(33-21)12-17(2)37)8-5-6-9-36(27)30(34-22)32-18(3)38;1-15(35)10-23-31-19-11-17(26(29)37)13-21-24(19)33(23)6-3-4-7-34-25-20(32-28(34)30-16(2)36)12-18(27(38)39)14-22(25)41-9-5-8-40-21;1-2-31-23(30)15-11-17(25)21-19(13-15)33-9-5-8-32-18-12-14(22(26)29)10-16(24)20(18)27-6-3-4-7-28-21;1-3(5)4-2-6;5*1-2/h5-6,13-16H,4,7-12H2,1-3H3,(H2,31,39)(H,32,34,38);3-4,11-14H,5-10H2,1-2H3,(H2,29,37)(H,38,39)(H,30,32,36);3-4,10-13,27-28H,2,5-9,24-25H2,1H3,(H2,26,29);1H3;5*1-2H3/b6-5+;2*4-3+;;;;;;. The van der Waals surface area contributed by atoms with Gasteiger partial charge >= 0.3 is 17.9 Å². The first kappa shape index (κ1) is 109. The van der Waals surface area contributed by atoms with Crippen molar-refractivity contribution < 1.29 is 95.7 Å². The summed E-state index contributed by atoms with van der Waals surface area (Å²) in [6, 6.07) is 18.6. The molecular weight excluding hydrogens is 1730 g/mol. The van der Waals surface area contributed by atoms with Crippen LogP contribution in [-0.4, -0.2) is 179 Å². The topological polar surface area (TPSA) is 544 Å². The van der Waals surface area contributed by atoms with Gasteiger partial charge < -0.3 is 101 Å². The molecule has 3 aliphatic rings. The molecule has 38 nitrogen and oxygen atoms in total. The van der Waals surface area contributed by atoms with Gasteiger partial charge in [0.15, 0.2) is 0 Å². The number of ether oxygens (including phenoxy) is 8. The van der Waals surface area contributed by atoms with Gasteiger partial charge in [-0.2, -0.15) is 4.99 Å². The lowest BCUT2D eigenvalue weighted by Crippen LogP contribution is -2.14. The number of thiocarbonyl (C=S) groups is 1. The van der Waals surface area contributed by atoms with Crippen molar-refractivity contribution in [1.82, 2.24) is 38.2 Å². The van der Waals surface area contributed by atoms with Crippen molar-refractivity contribution in [2.45, 2.75) is 176 Å². The fourth-order valence-corrected chi connectivity index (χ4v) is 13.2. The number of benzene rings is 6. The number of nitrogens with zero attached hydrogens (tertiary/aromatic N) is 9. The predicted octanol–water partition coefficient (Wildman–Crippen LogP) is 14.0. The Labute approximate surface area is 776 Å². The number of hydrogen-bond acceptors (Lipinski definition) is 28. The van der Waals surface area contributed by atoms with Crippen molar-refractivity contribution in [3.63, 3.8) is 0 Å². The third kappa shape index (κ3) is 30.6. The molecule has 3 aliphatic heterocycles. The number of Topliss-reactive ketones (excluding diaryl/α,β-unsaturated/α-hetero) is 2. The smallest absolute Gasteiger partial charge is 0.338 e. The number of carbonyl (C=O) groups excluding carboxylic acids is 10. The van der Waals surface area contributed by atoms with Crippen LogP contribution in [0, 0.1) is 0 Å². The van der Waals surface area contributed by atoms with Gasteiger partial charge in [0.2, 0.25) is 41.4 Å². The lowest BCUT2D eigenvalue weighted by Gasteiger charge is -2.17. The highest BCUT2D eigenvalue weighted by Crippen LogP contribution is 2.39. The Bertz CT molecular complexity index is 5810. The van der Waals surface area contributed by atoms with Gasteiger partial charge in [-0.3, -0.25) is 49.0 Å². The summed E-state index contributed by atoms with van der Waals surface area (Å²) >= 11 is 4.09. The lowest BCUT2D eigenvalue weighted by atomic mass is 10.1. The SMILES string of the molecule is CC.CC.CC.CC.CC.CC(=O)Cc1nc2cc(C(N)=O)cc3c2n1C/C=C/Cn1c(NC(C)=O)nc2cc(C(=O)O)cc(c21)OCCCO3.CC(=O)N=C=S.CCOC(=O)c1cc(N)c2c(c1)OCCCOc1cc(C(N)=O)cc(N)c1NC/C=C/CN2.CCOC(=O)c1cc2c3c(c1)nc(NC(C)=O)n3C/C=C/Cn1c(CC(C)=O)nc3cc(C(N)=O)cc(c31)OCCCO2. The summed E-state index contributed by atoms with van der Waals surface area (Å²) in [7, 11) is 0. The molecule has 133 heavy (non-hydrogen) atoms. The van der Waals surface area contributed by atoms with Crippen LogP contribution in [0.4, 0.5) is 34.6 Å². The fourth-order valence-electron chi connectivity index (χ4n) is 13.1.